The van der Waals surface area contributed by atoms with Crippen molar-refractivity contribution in [3.8, 4) is 21.6 Å². The summed E-state index contributed by atoms with van der Waals surface area (Å²) in [6, 6.07) is 14.1. The number of carboxylic acid groups (broad SMARTS) is 1. The molecule has 0 fully saturated rings. The van der Waals surface area contributed by atoms with E-state index >= 15 is 0 Å². The van der Waals surface area contributed by atoms with Gasteiger partial charge in [-0.2, -0.15) is 0 Å². The molecule has 1 aliphatic rings. The summed E-state index contributed by atoms with van der Waals surface area (Å²) in [4.78, 5) is 56.7. The molecule has 250 valence electrons. The molecule has 5 N–H and O–H groups in total. The lowest BCUT2D eigenvalue weighted by Gasteiger charge is -2.20. The molecule has 5 rings (SSSR count). The fourth-order valence-corrected chi connectivity index (χ4v) is 6.38. The predicted octanol–water partition coefficient (Wildman–Crippen LogP) is 6.87. The predicted molar refractivity (Wildman–Crippen MR) is 187 cm³/mol. The van der Waals surface area contributed by atoms with Gasteiger partial charge in [0.1, 0.15) is 11.3 Å². The van der Waals surface area contributed by atoms with E-state index in [1.807, 2.05) is 25.3 Å². The zero-order valence-electron chi connectivity index (χ0n) is 27.6. The summed E-state index contributed by atoms with van der Waals surface area (Å²) in [5, 5.41) is 24.1. The highest BCUT2D eigenvalue weighted by Crippen LogP contribution is 2.42. The largest absolute Gasteiger partial charge is 0.476 e. The first-order valence-corrected chi connectivity index (χ1v) is 16.6. The minimum Gasteiger partial charge on any atom is -0.476 e. The number of carbonyl (C=O) groups is 4. The standard InChI is InChI=1S/C36H39N5O6S/c1-6-13-38-33(43)28-10-8-23(30(40-28)34(44)45)24-18-29-26(31-22(11-14-37-29)12-15-48-31)17-25(24)32(42)41-27-9-7-21(16-20(27)2)19-39-35(46)47-36(3,4)5/h7-10,12,15-18,37H,6,11,13-14,19H2,1-5H3,(H,38,43)(H,39,46)(H,41,42)(H,44,45). The van der Waals surface area contributed by atoms with E-state index in [9.17, 15) is 24.3 Å². The summed E-state index contributed by atoms with van der Waals surface area (Å²) in [6.45, 7) is 10.5. The number of anilines is 2. The second-order valence-corrected chi connectivity index (χ2v) is 13.4. The third kappa shape index (κ3) is 7.83. The smallest absolute Gasteiger partial charge is 0.407 e. The van der Waals surface area contributed by atoms with Gasteiger partial charge in [-0.1, -0.05) is 19.1 Å². The number of fused-ring (bicyclic) bond motifs is 3. The number of rotatable bonds is 9. The summed E-state index contributed by atoms with van der Waals surface area (Å²) in [7, 11) is 0. The fraction of sp³-hybridized carbons (Fsp3) is 0.306. The van der Waals surface area contributed by atoms with Crippen molar-refractivity contribution in [1.82, 2.24) is 15.6 Å². The molecule has 12 heteroatoms. The van der Waals surface area contributed by atoms with Crippen LogP contribution in [0.5, 0.6) is 0 Å². The Morgan fingerprint density at radius 2 is 1.77 bits per heavy atom. The summed E-state index contributed by atoms with van der Waals surface area (Å²) < 4.78 is 5.31. The molecule has 3 heterocycles. The second-order valence-electron chi connectivity index (χ2n) is 12.5. The van der Waals surface area contributed by atoms with Gasteiger partial charge in [-0.05, 0) is 105 Å². The normalized spacial score (nSPS) is 12.1. The van der Waals surface area contributed by atoms with Gasteiger partial charge in [0.2, 0.25) is 0 Å². The number of alkyl carbamates (subject to hydrolysis) is 1. The van der Waals surface area contributed by atoms with Crippen molar-refractivity contribution in [3.63, 3.8) is 0 Å². The molecule has 0 atom stereocenters. The van der Waals surface area contributed by atoms with Crippen molar-refractivity contribution in [2.45, 2.75) is 59.6 Å². The summed E-state index contributed by atoms with van der Waals surface area (Å²) in [5.41, 5.74) is 4.74. The van der Waals surface area contributed by atoms with Gasteiger partial charge in [0, 0.05) is 52.6 Å². The molecule has 2 aromatic heterocycles. The molecule has 0 spiro atoms. The molecule has 1 aliphatic heterocycles. The van der Waals surface area contributed by atoms with Crippen molar-refractivity contribution >= 4 is 46.6 Å². The van der Waals surface area contributed by atoms with Crippen LogP contribution in [0.1, 0.15) is 82.1 Å². The lowest BCUT2D eigenvalue weighted by molar-refractivity contribution is 0.0522. The summed E-state index contributed by atoms with van der Waals surface area (Å²) >= 11 is 1.58. The van der Waals surface area contributed by atoms with Gasteiger partial charge in [0.15, 0.2) is 5.69 Å². The lowest BCUT2D eigenvalue weighted by Crippen LogP contribution is -2.32. The number of hydrogen-bond acceptors (Lipinski definition) is 8. The Labute approximate surface area is 283 Å². The number of benzene rings is 2. The van der Waals surface area contributed by atoms with E-state index in [2.05, 4.69) is 32.3 Å². The number of aromatic carboxylic acids is 1. The highest BCUT2D eigenvalue weighted by Gasteiger charge is 2.26. The van der Waals surface area contributed by atoms with Gasteiger partial charge in [0.25, 0.3) is 11.8 Å². The van der Waals surface area contributed by atoms with Crippen LogP contribution in [0.15, 0.2) is 53.9 Å². The third-order valence-corrected chi connectivity index (χ3v) is 8.62. The number of hydrogen-bond donors (Lipinski definition) is 5. The van der Waals surface area contributed by atoms with Crippen LogP contribution in [0, 0.1) is 6.92 Å². The van der Waals surface area contributed by atoms with E-state index in [4.69, 9.17) is 4.74 Å². The van der Waals surface area contributed by atoms with Crippen molar-refractivity contribution < 1.29 is 29.0 Å². The number of nitrogens with zero attached hydrogens (tertiary/aromatic N) is 1. The first-order valence-electron chi connectivity index (χ1n) is 15.7. The Hall–Kier alpha value is -5.23. The Kier molecular flexibility index (Phi) is 10.1. The van der Waals surface area contributed by atoms with Gasteiger partial charge >= 0.3 is 12.1 Å². The minimum absolute atomic E-state index is 0.0245. The molecule has 0 aliphatic carbocycles. The number of carboxylic acids is 1. The maximum Gasteiger partial charge on any atom is 0.407 e. The average Bonchev–Trinajstić information content (AvgIpc) is 3.43. The van der Waals surface area contributed by atoms with Gasteiger partial charge < -0.3 is 31.1 Å². The zero-order valence-corrected chi connectivity index (χ0v) is 28.4. The van der Waals surface area contributed by atoms with Crippen LogP contribution < -0.4 is 21.3 Å². The van der Waals surface area contributed by atoms with Gasteiger partial charge in [-0.15, -0.1) is 11.3 Å². The van der Waals surface area contributed by atoms with Crippen LogP contribution in [0.4, 0.5) is 16.2 Å². The Balaban J connectivity index is 1.53. The van der Waals surface area contributed by atoms with E-state index < -0.39 is 29.5 Å². The molecule has 0 saturated carbocycles. The van der Waals surface area contributed by atoms with Crippen molar-refractivity contribution in [1.29, 1.82) is 0 Å². The maximum atomic E-state index is 14.2. The molecular formula is C36H39N5O6S. The number of aromatic nitrogens is 1. The molecular weight excluding hydrogens is 630 g/mol. The molecule has 0 bridgehead atoms. The topological polar surface area (TPSA) is 159 Å². The zero-order chi connectivity index (χ0) is 34.6. The van der Waals surface area contributed by atoms with E-state index in [1.165, 1.54) is 12.1 Å². The first kappa shape index (κ1) is 34.1. The fourth-order valence-electron chi connectivity index (χ4n) is 5.39. The molecule has 48 heavy (non-hydrogen) atoms. The average molecular weight is 670 g/mol. The third-order valence-electron chi connectivity index (χ3n) is 7.63. The van der Waals surface area contributed by atoms with E-state index in [-0.39, 0.29) is 29.1 Å². The van der Waals surface area contributed by atoms with E-state index in [0.717, 1.165) is 39.2 Å². The number of aryl methyl sites for hydroxylation is 1. The van der Waals surface area contributed by atoms with Crippen LogP contribution in [0.3, 0.4) is 0 Å². The number of carbonyl (C=O) groups excluding carboxylic acids is 3. The SMILES string of the molecule is CCCNC(=O)c1ccc(-c2cc3c(cc2C(=O)Nc2ccc(CNC(=O)OC(C)(C)C)cc2C)-c2sccc2CCN3)c(C(=O)O)n1. The summed E-state index contributed by atoms with van der Waals surface area (Å²) in [5.74, 6) is -2.24. The molecule has 0 radical (unpaired) electrons. The van der Waals surface area contributed by atoms with Crippen molar-refractivity contribution in [3.05, 3.63) is 87.6 Å². The minimum atomic E-state index is -1.32. The van der Waals surface area contributed by atoms with E-state index in [1.54, 1.807) is 56.4 Å². The second kappa shape index (κ2) is 14.3. The highest BCUT2D eigenvalue weighted by atomic mass is 32.1. The van der Waals surface area contributed by atoms with Crippen LogP contribution in [0.2, 0.25) is 0 Å². The molecule has 4 aromatic rings. The van der Waals surface area contributed by atoms with Crippen LogP contribution in [0.25, 0.3) is 21.6 Å². The van der Waals surface area contributed by atoms with Crippen LogP contribution in [-0.2, 0) is 17.7 Å². The number of thiophene rings is 1. The molecule has 11 nitrogen and oxygen atoms in total. The van der Waals surface area contributed by atoms with Gasteiger partial charge in [-0.25, -0.2) is 14.6 Å². The van der Waals surface area contributed by atoms with Crippen LogP contribution >= 0.6 is 11.3 Å². The number of pyridine rings is 1. The quantitative estimate of drug-likeness (QED) is 0.129. The maximum absolute atomic E-state index is 14.2. The van der Waals surface area contributed by atoms with Crippen molar-refractivity contribution in [2.75, 3.05) is 23.7 Å². The Morgan fingerprint density at radius 3 is 2.48 bits per heavy atom. The van der Waals surface area contributed by atoms with E-state index in [0.29, 0.717) is 30.8 Å². The van der Waals surface area contributed by atoms with Gasteiger partial charge in [0.05, 0.1) is 0 Å². The molecule has 0 unspecified atom stereocenters. The van der Waals surface area contributed by atoms with Crippen molar-refractivity contribution in [2.24, 2.45) is 0 Å². The number of amides is 3. The number of nitrogens with one attached hydrogen (secondary N) is 4. The van der Waals surface area contributed by atoms with Crippen LogP contribution in [-0.4, -0.2) is 52.7 Å². The Bertz CT molecular complexity index is 1890. The Morgan fingerprint density at radius 1 is 0.979 bits per heavy atom. The monoisotopic (exact) mass is 669 g/mol. The summed E-state index contributed by atoms with van der Waals surface area (Å²) in [6.07, 6.45) is 0.983. The molecule has 2 aromatic carbocycles. The number of ether oxygens (including phenoxy) is 1. The molecule has 0 saturated heterocycles. The van der Waals surface area contributed by atoms with Gasteiger partial charge in [-0.3, -0.25) is 9.59 Å². The highest BCUT2D eigenvalue weighted by molar-refractivity contribution is 7.13. The first-order chi connectivity index (χ1) is 22.8. The lowest BCUT2D eigenvalue weighted by atomic mass is 9.93. The molecule has 3 amide bonds.